The molecule has 2 N–H and O–H groups in total. The van der Waals surface area contributed by atoms with Gasteiger partial charge in [-0.1, -0.05) is 18.2 Å². The molecule has 1 rings (SSSR count). The molecule has 6 nitrogen and oxygen atoms in total. The first-order chi connectivity index (χ1) is 10.6. The molecule has 0 spiro atoms. The van der Waals surface area contributed by atoms with Gasteiger partial charge in [0, 0.05) is 26.2 Å². The molecule has 0 aliphatic heterocycles. The number of ether oxygens (including phenoxy) is 3. The molecule has 0 radical (unpaired) electrons. The predicted octanol–water partition coefficient (Wildman–Crippen LogP) is 1.17. The number of carbonyl (C=O) groups is 2. The summed E-state index contributed by atoms with van der Waals surface area (Å²) in [6, 6.07) is 7.31. The highest BCUT2D eigenvalue weighted by molar-refractivity contribution is 5.76. The van der Waals surface area contributed by atoms with E-state index in [2.05, 4.69) is 0 Å². The van der Waals surface area contributed by atoms with E-state index in [-0.39, 0.29) is 6.61 Å². The average molecular weight is 309 g/mol. The second kappa shape index (κ2) is 10.0. The first-order valence-electron chi connectivity index (χ1n) is 7.07. The third-order valence-electron chi connectivity index (χ3n) is 3.35. The maximum Gasteiger partial charge on any atom is 0.223 e. The second-order valence-corrected chi connectivity index (χ2v) is 4.92. The van der Waals surface area contributed by atoms with Crippen LogP contribution in [-0.4, -0.2) is 45.9 Å². The number of hydrogen-bond acceptors (Lipinski definition) is 5. The van der Waals surface area contributed by atoms with Gasteiger partial charge in [0.15, 0.2) is 6.29 Å². The molecule has 0 saturated heterocycles. The van der Waals surface area contributed by atoms with Gasteiger partial charge in [-0.3, -0.25) is 9.59 Å². The van der Waals surface area contributed by atoms with Crippen LogP contribution in [0, 0.1) is 5.92 Å². The van der Waals surface area contributed by atoms with Gasteiger partial charge in [0.1, 0.15) is 6.29 Å². The molecule has 0 heterocycles. The molecule has 0 aliphatic carbocycles. The Morgan fingerprint density at radius 2 is 2.05 bits per heavy atom. The monoisotopic (exact) mass is 309 g/mol. The normalized spacial score (nSPS) is 12.3. The molecular weight excluding hydrogens is 286 g/mol. The van der Waals surface area contributed by atoms with E-state index in [4.69, 9.17) is 19.9 Å². The van der Waals surface area contributed by atoms with Crippen molar-refractivity contribution in [2.45, 2.75) is 19.1 Å². The van der Waals surface area contributed by atoms with Gasteiger partial charge in [-0.25, -0.2) is 0 Å². The van der Waals surface area contributed by atoms with Crippen molar-refractivity contribution in [3.8, 4) is 0 Å². The molecule has 0 aliphatic rings. The fraction of sp³-hybridized carbons (Fsp3) is 0.500. The molecule has 0 aromatic heterocycles. The standard InChI is InChI=1S/C16H23NO5/c1-20-15(21-2)9-14(16(17)19)11-22-7-6-12-4-3-5-13(8-12)10-18/h3-5,8,10,14-15H,6-7,9,11H2,1-2H3,(H2,17,19). The van der Waals surface area contributed by atoms with Crippen molar-refractivity contribution in [2.75, 3.05) is 27.4 Å². The van der Waals surface area contributed by atoms with Crippen LogP contribution in [0.1, 0.15) is 22.3 Å². The van der Waals surface area contributed by atoms with Crippen LogP contribution >= 0.6 is 0 Å². The van der Waals surface area contributed by atoms with E-state index < -0.39 is 18.1 Å². The number of amides is 1. The highest BCUT2D eigenvalue weighted by Crippen LogP contribution is 2.11. The molecular formula is C16H23NO5. The van der Waals surface area contributed by atoms with Gasteiger partial charge in [0.25, 0.3) is 0 Å². The van der Waals surface area contributed by atoms with Gasteiger partial charge in [-0.15, -0.1) is 0 Å². The fourth-order valence-corrected chi connectivity index (χ4v) is 2.02. The van der Waals surface area contributed by atoms with Gasteiger partial charge in [-0.05, 0) is 18.1 Å². The number of benzene rings is 1. The topological polar surface area (TPSA) is 87.9 Å². The summed E-state index contributed by atoms with van der Waals surface area (Å²) in [5.74, 6) is -0.909. The minimum atomic E-state index is -0.481. The zero-order valence-electron chi connectivity index (χ0n) is 13.0. The zero-order valence-corrected chi connectivity index (χ0v) is 13.0. The van der Waals surface area contributed by atoms with E-state index in [9.17, 15) is 9.59 Å². The van der Waals surface area contributed by atoms with Crippen LogP contribution in [0.3, 0.4) is 0 Å². The van der Waals surface area contributed by atoms with E-state index in [1.54, 1.807) is 6.07 Å². The van der Waals surface area contributed by atoms with Crippen LogP contribution in [0.25, 0.3) is 0 Å². The quantitative estimate of drug-likeness (QED) is 0.376. The third-order valence-corrected chi connectivity index (χ3v) is 3.35. The third kappa shape index (κ3) is 6.34. The Morgan fingerprint density at radius 3 is 2.64 bits per heavy atom. The molecule has 1 unspecified atom stereocenters. The van der Waals surface area contributed by atoms with Gasteiger partial charge in [-0.2, -0.15) is 0 Å². The number of hydrogen-bond donors (Lipinski definition) is 1. The number of carbonyl (C=O) groups excluding carboxylic acids is 2. The van der Waals surface area contributed by atoms with Crippen LogP contribution in [-0.2, 0) is 25.4 Å². The summed E-state index contributed by atoms with van der Waals surface area (Å²) in [7, 11) is 3.01. The predicted molar refractivity (Wildman–Crippen MR) is 81.5 cm³/mol. The summed E-state index contributed by atoms with van der Waals surface area (Å²) in [4.78, 5) is 22.1. The van der Waals surface area contributed by atoms with Crippen molar-refractivity contribution < 1.29 is 23.8 Å². The molecule has 0 bridgehead atoms. The highest BCUT2D eigenvalue weighted by atomic mass is 16.7. The summed E-state index contributed by atoms with van der Waals surface area (Å²) in [5, 5.41) is 0. The second-order valence-electron chi connectivity index (χ2n) is 4.92. The SMILES string of the molecule is COC(CC(COCCc1cccc(C=O)c1)C(N)=O)OC. The van der Waals surface area contributed by atoms with Gasteiger partial charge < -0.3 is 19.9 Å². The van der Waals surface area contributed by atoms with Crippen LogP contribution in [0.5, 0.6) is 0 Å². The lowest BCUT2D eigenvalue weighted by Crippen LogP contribution is -2.32. The average Bonchev–Trinajstić information content (AvgIpc) is 2.54. The summed E-state index contributed by atoms with van der Waals surface area (Å²) in [5.41, 5.74) is 7.00. The molecule has 1 aromatic rings. The van der Waals surface area contributed by atoms with Crippen molar-refractivity contribution in [1.29, 1.82) is 0 Å². The largest absolute Gasteiger partial charge is 0.380 e. The molecule has 22 heavy (non-hydrogen) atoms. The fourth-order valence-electron chi connectivity index (χ4n) is 2.02. The lowest BCUT2D eigenvalue weighted by atomic mass is 10.1. The molecule has 0 fully saturated rings. The number of aldehydes is 1. The number of rotatable bonds is 11. The molecule has 0 saturated carbocycles. The van der Waals surface area contributed by atoms with Crippen molar-refractivity contribution in [3.63, 3.8) is 0 Å². The Hall–Kier alpha value is -1.76. The lowest BCUT2D eigenvalue weighted by molar-refractivity contribution is -0.138. The molecule has 6 heteroatoms. The maximum atomic E-state index is 11.4. The Labute approximate surface area is 130 Å². The molecule has 1 aromatic carbocycles. The first kappa shape index (κ1) is 18.3. The minimum Gasteiger partial charge on any atom is -0.380 e. The first-order valence-corrected chi connectivity index (χ1v) is 7.07. The van der Waals surface area contributed by atoms with Gasteiger partial charge in [0.05, 0.1) is 19.1 Å². The summed E-state index contributed by atoms with van der Waals surface area (Å²) < 4.78 is 15.6. The Kier molecular flexibility index (Phi) is 8.35. The minimum absolute atomic E-state index is 0.214. The van der Waals surface area contributed by atoms with Crippen molar-refractivity contribution in [2.24, 2.45) is 11.7 Å². The number of methoxy groups -OCH3 is 2. The van der Waals surface area contributed by atoms with E-state index in [0.717, 1.165) is 11.8 Å². The molecule has 1 amide bonds. The summed E-state index contributed by atoms with van der Waals surface area (Å²) >= 11 is 0. The Bertz CT molecular complexity index is 473. The highest BCUT2D eigenvalue weighted by Gasteiger charge is 2.21. The van der Waals surface area contributed by atoms with Crippen molar-refractivity contribution >= 4 is 12.2 Å². The van der Waals surface area contributed by atoms with E-state index >= 15 is 0 Å². The Morgan fingerprint density at radius 1 is 1.32 bits per heavy atom. The zero-order chi connectivity index (χ0) is 16.4. The van der Waals surface area contributed by atoms with Crippen LogP contribution in [0.4, 0.5) is 0 Å². The molecule has 1 atom stereocenters. The van der Waals surface area contributed by atoms with Crippen LogP contribution in [0.15, 0.2) is 24.3 Å². The molecule has 122 valence electrons. The van der Waals surface area contributed by atoms with Crippen LogP contribution in [0.2, 0.25) is 0 Å². The number of primary amides is 1. The van der Waals surface area contributed by atoms with E-state index in [1.807, 2.05) is 18.2 Å². The van der Waals surface area contributed by atoms with E-state index in [0.29, 0.717) is 25.0 Å². The summed E-state index contributed by atoms with van der Waals surface area (Å²) in [6.45, 7) is 0.655. The van der Waals surface area contributed by atoms with Crippen LogP contribution < -0.4 is 5.73 Å². The van der Waals surface area contributed by atoms with Gasteiger partial charge in [0.2, 0.25) is 5.91 Å². The Balaban J connectivity index is 2.39. The maximum absolute atomic E-state index is 11.4. The number of nitrogens with two attached hydrogens (primary N) is 1. The lowest BCUT2D eigenvalue weighted by Gasteiger charge is -2.19. The van der Waals surface area contributed by atoms with E-state index in [1.165, 1.54) is 14.2 Å². The van der Waals surface area contributed by atoms with Crippen molar-refractivity contribution in [1.82, 2.24) is 0 Å². The summed E-state index contributed by atoms with van der Waals surface area (Å²) in [6.07, 6.45) is 1.34. The van der Waals surface area contributed by atoms with Gasteiger partial charge >= 0.3 is 0 Å². The smallest absolute Gasteiger partial charge is 0.223 e. The van der Waals surface area contributed by atoms with Crippen molar-refractivity contribution in [3.05, 3.63) is 35.4 Å².